The minimum atomic E-state index is -3.62. The van der Waals surface area contributed by atoms with Gasteiger partial charge in [-0.3, -0.25) is 9.78 Å². The van der Waals surface area contributed by atoms with Crippen molar-refractivity contribution in [2.45, 2.75) is 45.1 Å². The molecule has 184 valence electrons. The zero-order valence-corrected chi connectivity index (χ0v) is 21.0. The second-order valence-electron chi connectivity index (χ2n) is 8.89. The van der Waals surface area contributed by atoms with E-state index >= 15 is 0 Å². The van der Waals surface area contributed by atoms with Crippen LogP contribution in [-0.4, -0.2) is 41.7 Å². The van der Waals surface area contributed by atoms with Gasteiger partial charge in [-0.05, 0) is 74.6 Å². The topological polar surface area (TPSA) is 101 Å². The third-order valence-corrected chi connectivity index (χ3v) is 8.39. The van der Waals surface area contributed by atoms with Crippen molar-refractivity contribution in [1.29, 1.82) is 0 Å². The zero-order valence-electron chi connectivity index (χ0n) is 20.2. The lowest BCUT2D eigenvalue weighted by Gasteiger charge is -2.31. The quantitative estimate of drug-likeness (QED) is 0.532. The average molecular weight is 495 g/mol. The fraction of sp³-hybridized carbons (Fsp3) is 0.346. The minimum Gasteiger partial charge on any atom is -0.485 e. The van der Waals surface area contributed by atoms with Gasteiger partial charge in [-0.2, -0.15) is 4.31 Å². The molecule has 0 radical (unpaired) electrons. The Bertz CT molecular complexity index is 1280. The largest absolute Gasteiger partial charge is 0.485 e. The van der Waals surface area contributed by atoms with Gasteiger partial charge in [-0.15, -0.1) is 0 Å². The monoisotopic (exact) mass is 494 g/mol. The van der Waals surface area contributed by atoms with Crippen molar-refractivity contribution >= 4 is 21.7 Å². The van der Waals surface area contributed by atoms with Crippen molar-refractivity contribution in [2.24, 2.45) is 5.92 Å². The number of benzene rings is 1. The molecule has 0 bridgehead atoms. The SMILES string of the molecule is Cc1cc(C)c(S(=O)(=O)N2CCC(C(=O)Nc3ncccc3OCc3ccncc3)CC2)c(C)c1. The van der Waals surface area contributed by atoms with Crippen LogP contribution in [0.25, 0.3) is 0 Å². The second-order valence-corrected chi connectivity index (χ2v) is 10.8. The average Bonchev–Trinajstić information content (AvgIpc) is 2.83. The number of nitrogens with one attached hydrogen (secondary N) is 1. The number of aromatic nitrogens is 2. The van der Waals surface area contributed by atoms with Crippen LogP contribution >= 0.6 is 0 Å². The van der Waals surface area contributed by atoms with E-state index in [1.54, 1.807) is 30.7 Å². The summed E-state index contributed by atoms with van der Waals surface area (Å²) in [5.74, 6) is 0.337. The van der Waals surface area contributed by atoms with E-state index < -0.39 is 10.0 Å². The number of aryl methyl sites for hydroxylation is 3. The highest BCUT2D eigenvalue weighted by Gasteiger charge is 2.34. The number of ether oxygens (including phenoxy) is 1. The van der Waals surface area contributed by atoms with Gasteiger partial charge in [-0.1, -0.05) is 17.7 Å². The van der Waals surface area contributed by atoms with Crippen LogP contribution < -0.4 is 10.1 Å². The standard InChI is InChI=1S/C26H30N4O4S/c1-18-15-19(2)24(20(3)16-18)35(32,33)30-13-8-22(9-14-30)26(31)29-25-23(5-4-10-28-25)34-17-21-6-11-27-12-7-21/h4-7,10-12,15-16,22H,8-9,13-14,17H2,1-3H3,(H,28,29,31). The Morgan fingerprint density at radius 1 is 1.06 bits per heavy atom. The summed E-state index contributed by atoms with van der Waals surface area (Å²) in [6, 6.07) is 11.0. The molecule has 0 atom stereocenters. The molecular weight excluding hydrogens is 464 g/mol. The lowest BCUT2D eigenvalue weighted by Crippen LogP contribution is -2.41. The van der Waals surface area contributed by atoms with Crippen molar-refractivity contribution in [3.8, 4) is 5.75 Å². The predicted octanol–water partition coefficient (Wildman–Crippen LogP) is 4.02. The number of anilines is 1. The van der Waals surface area contributed by atoms with Crippen LogP contribution in [0.15, 0.2) is 59.9 Å². The van der Waals surface area contributed by atoms with Gasteiger partial charge in [-0.25, -0.2) is 13.4 Å². The Morgan fingerprint density at radius 3 is 2.37 bits per heavy atom. The van der Waals surface area contributed by atoms with E-state index in [9.17, 15) is 13.2 Å². The molecule has 9 heteroatoms. The summed E-state index contributed by atoms with van der Waals surface area (Å²) in [6.45, 7) is 6.52. The Kier molecular flexibility index (Phi) is 7.47. The molecule has 1 saturated heterocycles. The van der Waals surface area contributed by atoms with Gasteiger partial charge >= 0.3 is 0 Å². The fourth-order valence-corrected chi connectivity index (χ4v) is 6.40. The van der Waals surface area contributed by atoms with E-state index in [0.717, 1.165) is 22.3 Å². The first kappa shape index (κ1) is 24.8. The van der Waals surface area contributed by atoms with Crippen molar-refractivity contribution in [3.05, 3.63) is 77.2 Å². The molecule has 8 nitrogen and oxygen atoms in total. The first-order chi connectivity index (χ1) is 16.8. The number of hydrogen-bond donors (Lipinski definition) is 1. The Labute approximate surface area is 206 Å². The molecule has 2 aromatic heterocycles. The molecule has 4 rings (SSSR count). The van der Waals surface area contributed by atoms with Crippen LogP contribution in [0.5, 0.6) is 5.75 Å². The Morgan fingerprint density at radius 2 is 1.71 bits per heavy atom. The van der Waals surface area contributed by atoms with Crippen LogP contribution in [0.3, 0.4) is 0 Å². The third-order valence-electron chi connectivity index (χ3n) is 6.18. The summed E-state index contributed by atoms with van der Waals surface area (Å²) in [5, 5.41) is 2.87. The Balaban J connectivity index is 1.39. The van der Waals surface area contributed by atoms with Gasteiger partial charge in [0.25, 0.3) is 0 Å². The number of piperidine rings is 1. The lowest BCUT2D eigenvalue weighted by molar-refractivity contribution is -0.120. The van der Waals surface area contributed by atoms with E-state index in [4.69, 9.17) is 4.74 Å². The molecule has 0 aliphatic carbocycles. The minimum absolute atomic E-state index is 0.183. The molecule has 1 aliphatic heterocycles. The summed E-state index contributed by atoms with van der Waals surface area (Å²) >= 11 is 0. The Hall–Kier alpha value is -3.30. The van der Waals surface area contributed by atoms with Crippen LogP contribution in [-0.2, 0) is 21.4 Å². The summed E-state index contributed by atoms with van der Waals surface area (Å²) in [6.07, 6.45) is 5.86. The third kappa shape index (κ3) is 5.68. The predicted molar refractivity (Wildman–Crippen MR) is 134 cm³/mol. The molecule has 1 aromatic carbocycles. The summed E-state index contributed by atoms with van der Waals surface area (Å²) < 4.78 is 34.0. The maximum atomic E-state index is 13.3. The van der Waals surface area contributed by atoms with Crippen molar-refractivity contribution in [1.82, 2.24) is 14.3 Å². The summed E-state index contributed by atoms with van der Waals surface area (Å²) in [5.41, 5.74) is 3.48. The van der Waals surface area contributed by atoms with Gasteiger partial charge in [0.2, 0.25) is 15.9 Å². The van der Waals surface area contributed by atoms with E-state index in [1.807, 2.05) is 45.0 Å². The molecule has 1 amide bonds. The maximum absolute atomic E-state index is 13.3. The zero-order chi connectivity index (χ0) is 25.0. The van der Waals surface area contributed by atoms with Crippen molar-refractivity contribution in [2.75, 3.05) is 18.4 Å². The first-order valence-corrected chi connectivity index (χ1v) is 13.1. The van der Waals surface area contributed by atoms with E-state index in [1.165, 1.54) is 4.31 Å². The van der Waals surface area contributed by atoms with E-state index in [2.05, 4.69) is 15.3 Å². The lowest BCUT2D eigenvalue weighted by atomic mass is 9.97. The molecule has 1 aliphatic rings. The molecule has 3 aromatic rings. The molecule has 0 unspecified atom stereocenters. The highest BCUT2D eigenvalue weighted by atomic mass is 32.2. The molecule has 0 saturated carbocycles. The summed E-state index contributed by atoms with van der Waals surface area (Å²) in [7, 11) is -3.62. The van der Waals surface area contributed by atoms with Crippen LogP contribution in [0.1, 0.15) is 35.1 Å². The van der Waals surface area contributed by atoms with Gasteiger partial charge in [0, 0.05) is 37.6 Å². The first-order valence-electron chi connectivity index (χ1n) is 11.6. The molecule has 3 heterocycles. The number of carbonyl (C=O) groups is 1. The molecule has 0 spiro atoms. The number of rotatable bonds is 7. The highest BCUT2D eigenvalue weighted by molar-refractivity contribution is 7.89. The maximum Gasteiger partial charge on any atom is 0.243 e. The highest BCUT2D eigenvalue weighted by Crippen LogP contribution is 2.30. The number of pyridine rings is 2. The van der Waals surface area contributed by atoms with Crippen molar-refractivity contribution in [3.63, 3.8) is 0 Å². The van der Waals surface area contributed by atoms with Crippen molar-refractivity contribution < 1.29 is 17.9 Å². The van der Waals surface area contributed by atoms with E-state index in [-0.39, 0.29) is 11.8 Å². The number of amides is 1. The van der Waals surface area contributed by atoms with Gasteiger partial charge in [0.1, 0.15) is 6.61 Å². The molecule has 1 N–H and O–H groups in total. The fourth-order valence-electron chi connectivity index (χ4n) is 4.52. The molecular formula is C26H30N4O4S. The number of sulfonamides is 1. The number of carbonyl (C=O) groups excluding carboxylic acids is 1. The molecule has 1 fully saturated rings. The number of nitrogens with zero attached hydrogens (tertiary/aromatic N) is 3. The smallest absolute Gasteiger partial charge is 0.243 e. The van der Waals surface area contributed by atoms with Gasteiger partial charge in [0.05, 0.1) is 4.90 Å². The van der Waals surface area contributed by atoms with Crippen LogP contribution in [0, 0.1) is 26.7 Å². The van der Waals surface area contributed by atoms with Crippen LogP contribution in [0.2, 0.25) is 0 Å². The van der Waals surface area contributed by atoms with E-state index in [0.29, 0.717) is 49.0 Å². The normalized spacial score (nSPS) is 15.1. The summed E-state index contributed by atoms with van der Waals surface area (Å²) in [4.78, 5) is 21.6. The molecule has 35 heavy (non-hydrogen) atoms. The van der Waals surface area contributed by atoms with Gasteiger partial charge in [0.15, 0.2) is 11.6 Å². The van der Waals surface area contributed by atoms with Crippen LogP contribution in [0.4, 0.5) is 5.82 Å². The second kappa shape index (κ2) is 10.5. The van der Waals surface area contributed by atoms with Gasteiger partial charge < -0.3 is 10.1 Å². The number of hydrogen-bond acceptors (Lipinski definition) is 6.